The van der Waals surface area contributed by atoms with Crippen LogP contribution in [0.2, 0.25) is 0 Å². The predicted octanol–water partition coefficient (Wildman–Crippen LogP) is 0.167. The van der Waals surface area contributed by atoms with Crippen molar-refractivity contribution in [2.75, 3.05) is 29.3 Å². The zero-order chi connectivity index (χ0) is 19.1. The predicted molar refractivity (Wildman–Crippen MR) is 102 cm³/mol. The maximum atomic E-state index is 13.2. The Morgan fingerprint density at radius 2 is 2.07 bits per heavy atom. The van der Waals surface area contributed by atoms with Crippen molar-refractivity contribution in [1.82, 2.24) is 15.1 Å². The summed E-state index contributed by atoms with van der Waals surface area (Å²) in [5, 5.41) is 15.8. The number of hydrogen-bond acceptors (Lipinski definition) is 5. The van der Waals surface area contributed by atoms with Crippen molar-refractivity contribution >= 4 is 27.5 Å². The van der Waals surface area contributed by atoms with Gasteiger partial charge in [0.25, 0.3) is 16.1 Å². The van der Waals surface area contributed by atoms with Gasteiger partial charge in [-0.15, -0.1) is 0 Å². The fourth-order valence-corrected chi connectivity index (χ4v) is 4.65. The molecule has 0 atom stereocenters. The van der Waals surface area contributed by atoms with Crippen molar-refractivity contribution in [2.45, 2.75) is 24.8 Å². The topological polar surface area (TPSA) is 122 Å². The molecule has 0 unspecified atom stereocenters. The number of piperidine rings is 1. The maximum absolute atomic E-state index is 13.2. The molecule has 2 aliphatic rings. The van der Waals surface area contributed by atoms with Crippen molar-refractivity contribution in [3.8, 4) is 0 Å². The third-order valence-corrected chi connectivity index (χ3v) is 6.29. The second-order valence-corrected chi connectivity index (χ2v) is 8.37. The van der Waals surface area contributed by atoms with Gasteiger partial charge >= 0.3 is 0 Å². The van der Waals surface area contributed by atoms with Crippen LogP contribution in [0.25, 0.3) is 0 Å². The van der Waals surface area contributed by atoms with Crippen molar-refractivity contribution in [3.05, 3.63) is 42.2 Å². The first-order chi connectivity index (χ1) is 12.9. The van der Waals surface area contributed by atoms with E-state index in [0.717, 1.165) is 18.7 Å². The van der Waals surface area contributed by atoms with Gasteiger partial charge in [-0.3, -0.25) is 13.8 Å². The average molecular weight is 390 g/mol. The fourth-order valence-electron chi connectivity index (χ4n) is 3.86. The fraction of sp³-hybridized carbons (Fsp3) is 0.412. The molecule has 2 aromatic rings. The highest BCUT2D eigenvalue weighted by molar-refractivity contribution is 7.90. The molecule has 144 valence electrons. The third-order valence-electron chi connectivity index (χ3n) is 5.30. The molecular formula is C17H22N6O3S. The SMILES string of the molecule is NS(=O)(=O)N1CCc2ccc(NC(=O)C3(n4cccn4)CCNCC3)cc21. The highest BCUT2D eigenvalue weighted by Crippen LogP contribution is 2.33. The largest absolute Gasteiger partial charge is 0.324 e. The van der Waals surface area contributed by atoms with Gasteiger partial charge in [-0.25, -0.2) is 5.14 Å². The van der Waals surface area contributed by atoms with E-state index in [1.807, 2.05) is 6.07 Å². The quantitative estimate of drug-likeness (QED) is 0.687. The molecule has 1 saturated heterocycles. The minimum absolute atomic E-state index is 0.159. The summed E-state index contributed by atoms with van der Waals surface area (Å²) >= 11 is 0. The van der Waals surface area contributed by atoms with Gasteiger partial charge in [0.15, 0.2) is 0 Å². The van der Waals surface area contributed by atoms with E-state index in [2.05, 4.69) is 15.7 Å². The van der Waals surface area contributed by atoms with Gasteiger partial charge in [-0.05, 0) is 56.1 Å². The van der Waals surface area contributed by atoms with Crippen LogP contribution in [-0.4, -0.2) is 43.7 Å². The van der Waals surface area contributed by atoms with E-state index in [1.165, 1.54) is 4.31 Å². The summed E-state index contributed by atoms with van der Waals surface area (Å²) in [6, 6.07) is 7.10. The van der Waals surface area contributed by atoms with E-state index in [-0.39, 0.29) is 5.91 Å². The van der Waals surface area contributed by atoms with Crippen molar-refractivity contribution in [1.29, 1.82) is 0 Å². The summed E-state index contributed by atoms with van der Waals surface area (Å²) in [4.78, 5) is 13.2. The number of hydrogen-bond donors (Lipinski definition) is 3. The molecule has 0 aliphatic carbocycles. The van der Waals surface area contributed by atoms with E-state index in [1.54, 1.807) is 35.3 Å². The summed E-state index contributed by atoms with van der Waals surface area (Å²) in [5.41, 5.74) is 1.19. The maximum Gasteiger partial charge on any atom is 0.299 e. The standard InChI is InChI=1S/C17H22N6O3S/c18-27(25,26)22-11-4-13-2-3-14(12-15(13)22)21-16(24)17(5-8-19-9-6-17)23-10-1-7-20-23/h1-3,7,10,12,19H,4-6,8-9,11H2,(H,21,24)(H2,18,25,26). The van der Waals surface area contributed by atoms with Gasteiger partial charge in [-0.1, -0.05) is 6.07 Å². The van der Waals surface area contributed by atoms with Crippen LogP contribution in [0.3, 0.4) is 0 Å². The lowest BCUT2D eigenvalue weighted by Crippen LogP contribution is -2.52. The van der Waals surface area contributed by atoms with Gasteiger partial charge in [0.1, 0.15) is 5.54 Å². The Balaban J connectivity index is 1.63. The summed E-state index contributed by atoms with van der Waals surface area (Å²) in [7, 11) is -3.83. The van der Waals surface area contributed by atoms with Crippen LogP contribution in [0.15, 0.2) is 36.7 Å². The van der Waals surface area contributed by atoms with Crippen LogP contribution >= 0.6 is 0 Å². The number of rotatable bonds is 4. The Morgan fingerprint density at radius 3 is 2.74 bits per heavy atom. The molecule has 2 aliphatic heterocycles. The Labute approximate surface area is 157 Å². The number of anilines is 2. The minimum Gasteiger partial charge on any atom is -0.324 e. The minimum atomic E-state index is -3.83. The van der Waals surface area contributed by atoms with Gasteiger partial charge in [0.05, 0.1) is 5.69 Å². The van der Waals surface area contributed by atoms with E-state index in [9.17, 15) is 13.2 Å². The first-order valence-corrected chi connectivity index (χ1v) is 10.4. The Kier molecular flexibility index (Phi) is 4.41. The zero-order valence-electron chi connectivity index (χ0n) is 14.8. The van der Waals surface area contributed by atoms with E-state index in [4.69, 9.17) is 5.14 Å². The molecule has 10 heteroatoms. The first-order valence-electron chi connectivity index (χ1n) is 8.86. The second-order valence-electron chi connectivity index (χ2n) is 6.90. The molecule has 9 nitrogen and oxygen atoms in total. The highest BCUT2D eigenvalue weighted by Gasteiger charge is 2.42. The molecule has 0 saturated carbocycles. The van der Waals surface area contributed by atoms with Crippen LogP contribution in [0.5, 0.6) is 0 Å². The summed E-state index contributed by atoms with van der Waals surface area (Å²) < 4.78 is 26.5. The number of aromatic nitrogens is 2. The molecular weight excluding hydrogens is 368 g/mol. The molecule has 1 fully saturated rings. The van der Waals surface area contributed by atoms with Crippen molar-refractivity contribution < 1.29 is 13.2 Å². The molecule has 0 bridgehead atoms. The lowest BCUT2D eigenvalue weighted by molar-refractivity contribution is -0.126. The normalized spacial score (nSPS) is 18.9. The van der Waals surface area contributed by atoms with Crippen LogP contribution in [0.4, 0.5) is 11.4 Å². The van der Waals surface area contributed by atoms with Gasteiger partial charge in [0, 0.05) is 24.6 Å². The van der Waals surface area contributed by atoms with E-state index >= 15 is 0 Å². The summed E-state index contributed by atoms with van der Waals surface area (Å²) in [5.74, 6) is -0.159. The van der Waals surface area contributed by atoms with Crippen LogP contribution in [0, 0.1) is 0 Å². The number of benzene rings is 1. The molecule has 0 radical (unpaired) electrons. The molecule has 1 aromatic heterocycles. The average Bonchev–Trinajstić information content (AvgIpc) is 3.31. The summed E-state index contributed by atoms with van der Waals surface area (Å²) in [6.45, 7) is 1.75. The molecule has 3 heterocycles. The lowest BCUT2D eigenvalue weighted by atomic mass is 9.87. The molecule has 4 N–H and O–H groups in total. The lowest BCUT2D eigenvalue weighted by Gasteiger charge is -2.36. The first kappa shape index (κ1) is 18.0. The molecule has 1 aromatic carbocycles. The van der Waals surface area contributed by atoms with E-state index in [0.29, 0.717) is 37.2 Å². The Hall–Kier alpha value is -2.43. The Bertz CT molecular complexity index is 951. The van der Waals surface area contributed by atoms with Crippen LogP contribution < -0.4 is 20.1 Å². The second kappa shape index (κ2) is 6.63. The smallest absolute Gasteiger partial charge is 0.299 e. The molecule has 1 amide bonds. The molecule has 0 spiro atoms. The number of nitrogens with one attached hydrogen (secondary N) is 2. The highest BCUT2D eigenvalue weighted by atomic mass is 32.2. The van der Waals surface area contributed by atoms with E-state index < -0.39 is 15.7 Å². The van der Waals surface area contributed by atoms with Crippen molar-refractivity contribution in [3.63, 3.8) is 0 Å². The summed E-state index contributed by atoms with van der Waals surface area (Å²) in [6.07, 6.45) is 5.30. The van der Waals surface area contributed by atoms with Gasteiger partial charge in [0.2, 0.25) is 0 Å². The number of carbonyl (C=O) groups excluding carboxylic acids is 1. The van der Waals surface area contributed by atoms with Crippen LogP contribution in [0.1, 0.15) is 18.4 Å². The number of amides is 1. The monoisotopic (exact) mass is 390 g/mol. The van der Waals surface area contributed by atoms with Crippen LogP contribution in [-0.2, 0) is 27.0 Å². The zero-order valence-corrected chi connectivity index (χ0v) is 15.6. The van der Waals surface area contributed by atoms with Gasteiger partial charge < -0.3 is 10.6 Å². The third kappa shape index (κ3) is 3.20. The Morgan fingerprint density at radius 1 is 1.30 bits per heavy atom. The van der Waals surface area contributed by atoms with Gasteiger partial charge in [-0.2, -0.15) is 13.5 Å². The van der Waals surface area contributed by atoms with Crippen molar-refractivity contribution in [2.24, 2.45) is 5.14 Å². The molecule has 27 heavy (non-hydrogen) atoms. The number of nitrogens with two attached hydrogens (primary N) is 1. The number of fused-ring (bicyclic) bond motifs is 1. The number of nitrogens with zero attached hydrogens (tertiary/aromatic N) is 3. The molecule has 4 rings (SSSR count). The number of carbonyl (C=O) groups is 1.